The van der Waals surface area contributed by atoms with E-state index in [9.17, 15) is 13.6 Å². The van der Waals surface area contributed by atoms with Crippen LogP contribution >= 0.6 is 0 Å². The molecule has 1 amide bonds. The maximum absolute atomic E-state index is 13.1. The molecule has 1 aromatic rings. The van der Waals surface area contributed by atoms with E-state index in [-0.39, 0.29) is 11.9 Å². The highest BCUT2D eigenvalue weighted by Gasteiger charge is 2.20. The average Bonchev–Trinajstić information content (AvgIpc) is 3.16. The molecule has 0 bridgehead atoms. The van der Waals surface area contributed by atoms with E-state index in [2.05, 4.69) is 10.6 Å². The van der Waals surface area contributed by atoms with Crippen LogP contribution < -0.4 is 10.6 Å². The van der Waals surface area contributed by atoms with Crippen molar-refractivity contribution in [3.63, 3.8) is 0 Å². The van der Waals surface area contributed by atoms with Crippen molar-refractivity contribution in [1.82, 2.24) is 10.6 Å². The van der Waals surface area contributed by atoms with E-state index in [0.717, 1.165) is 12.1 Å². The lowest BCUT2D eigenvalue weighted by molar-refractivity contribution is -0.121. The van der Waals surface area contributed by atoms with Crippen LogP contribution in [0.1, 0.15) is 37.8 Å². The SMILES string of the molecule is CC(NC(=O)CCNC1CC1)c1ccc(F)c(F)c1. The van der Waals surface area contributed by atoms with Gasteiger partial charge in [0.1, 0.15) is 0 Å². The van der Waals surface area contributed by atoms with Crippen LogP contribution in [0.25, 0.3) is 0 Å². The van der Waals surface area contributed by atoms with Crippen molar-refractivity contribution in [2.24, 2.45) is 0 Å². The van der Waals surface area contributed by atoms with Gasteiger partial charge in [0, 0.05) is 19.0 Å². The van der Waals surface area contributed by atoms with Gasteiger partial charge in [0.2, 0.25) is 5.91 Å². The summed E-state index contributed by atoms with van der Waals surface area (Å²) in [6.45, 7) is 2.40. The minimum Gasteiger partial charge on any atom is -0.350 e. The Hall–Kier alpha value is -1.49. The smallest absolute Gasteiger partial charge is 0.221 e. The third kappa shape index (κ3) is 4.28. The highest BCUT2D eigenvalue weighted by molar-refractivity contribution is 5.76. The summed E-state index contributed by atoms with van der Waals surface area (Å²) in [4.78, 5) is 11.7. The maximum atomic E-state index is 13.1. The third-order valence-corrected chi connectivity index (χ3v) is 3.18. The molecule has 2 rings (SSSR count). The van der Waals surface area contributed by atoms with E-state index in [0.29, 0.717) is 24.6 Å². The van der Waals surface area contributed by atoms with Crippen LogP contribution in [0.5, 0.6) is 0 Å². The summed E-state index contributed by atoms with van der Waals surface area (Å²) in [5.41, 5.74) is 0.558. The van der Waals surface area contributed by atoms with Crippen LogP contribution in [0.15, 0.2) is 18.2 Å². The fraction of sp³-hybridized carbons (Fsp3) is 0.500. The topological polar surface area (TPSA) is 41.1 Å². The van der Waals surface area contributed by atoms with E-state index in [4.69, 9.17) is 0 Å². The van der Waals surface area contributed by atoms with Gasteiger partial charge in [0.25, 0.3) is 0 Å². The van der Waals surface area contributed by atoms with Gasteiger partial charge in [-0.2, -0.15) is 0 Å². The van der Waals surface area contributed by atoms with Crippen molar-refractivity contribution >= 4 is 5.91 Å². The number of carbonyl (C=O) groups is 1. The molecule has 5 heteroatoms. The van der Waals surface area contributed by atoms with Crippen molar-refractivity contribution < 1.29 is 13.6 Å². The predicted molar refractivity (Wildman–Crippen MR) is 68.6 cm³/mol. The van der Waals surface area contributed by atoms with Gasteiger partial charge in [-0.05, 0) is 37.5 Å². The predicted octanol–water partition coefficient (Wildman–Crippen LogP) is 2.28. The molecule has 19 heavy (non-hydrogen) atoms. The zero-order valence-electron chi connectivity index (χ0n) is 10.9. The molecule has 1 aromatic carbocycles. The molecule has 0 aliphatic heterocycles. The Morgan fingerprint density at radius 2 is 2.11 bits per heavy atom. The summed E-state index contributed by atoms with van der Waals surface area (Å²) in [6, 6.07) is 3.91. The van der Waals surface area contributed by atoms with Crippen molar-refractivity contribution in [2.75, 3.05) is 6.54 Å². The van der Waals surface area contributed by atoms with Crippen LogP contribution in [0, 0.1) is 11.6 Å². The molecule has 0 heterocycles. The molecule has 1 saturated carbocycles. The standard InChI is InChI=1S/C14H18F2N2O/c1-9(10-2-5-12(15)13(16)8-10)18-14(19)6-7-17-11-3-4-11/h2,5,8-9,11,17H,3-4,6-7H2,1H3,(H,18,19). The van der Waals surface area contributed by atoms with Crippen LogP contribution in [0.2, 0.25) is 0 Å². The second-order valence-corrected chi connectivity index (χ2v) is 4.94. The normalized spacial score (nSPS) is 16.2. The Labute approximate surface area is 111 Å². The molecule has 3 nitrogen and oxygen atoms in total. The summed E-state index contributed by atoms with van der Waals surface area (Å²) in [6.07, 6.45) is 2.77. The van der Waals surface area contributed by atoms with Crippen molar-refractivity contribution in [3.8, 4) is 0 Å². The van der Waals surface area contributed by atoms with E-state index >= 15 is 0 Å². The van der Waals surface area contributed by atoms with Gasteiger partial charge < -0.3 is 10.6 Å². The van der Waals surface area contributed by atoms with Gasteiger partial charge in [-0.3, -0.25) is 4.79 Å². The minimum atomic E-state index is -0.894. The van der Waals surface area contributed by atoms with E-state index in [1.807, 2.05) is 0 Å². The second-order valence-electron chi connectivity index (χ2n) is 4.94. The number of nitrogens with one attached hydrogen (secondary N) is 2. The van der Waals surface area contributed by atoms with Gasteiger partial charge in [-0.1, -0.05) is 6.07 Å². The van der Waals surface area contributed by atoms with E-state index in [1.165, 1.54) is 18.9 Å². The summed E-state index contributed by atoms with van der Waals surface area (Å²) in [7, 11) is 0. The van der Waals surface area contributed by atoms with E-state index in [1.54, 1.807) is 6.92 Å². The fourth-order valence-corrected chi connectivity index (χ4v) is 1.86. The first-order valence-electron chi connectivity index (χ1n) is 6.54. The van der Waals surface area contributed by atoms with Gasteiger partial charge in [-0.15, -0.1) is 0 Å². The van der Waals surface area contributed by atoms with Crippen molar-refractivity contribution in [3.05, 3.63) is 35.4 Å². The van der Waals surface area contributed by atoms with E-state index < -0.39 is 11.6 Å². The Morgan fingerprint density at radius 3 is 2.74 bits per heavy atom. The highest BCUT2D eigenvalue weighted by Crippen LogP contribution is 2.18. The zero-order chi connectivity index (χ0) is 13.8. The molecule has 1 atom stereocenters. The lowest BCUT2D eigenvalue weighted by Gasteiger charge is -2.14. The highest BCUT2D eigenvalue weighted by atomic mass is 19.2. The average molecular weight is 268 g/mol. The largest absolute Gasteiger partial charge is 0.350 e. The Bertz CT molecular complexity index is 461. The molecule has 1 aliphatic carbocycles. The third-order valence-electron chi connectivity index (χ3n) is 3.18. The molecule has 0 spiro atoms. The first kappa shape index (κ1) is 13.9. The Kier molecular flexibility index (Phi) is 4.47. The van der Waals surface area contributed by atoms with Gasteiger partial charge in [-0.25, -0.2) is 8.78 Å². The molecule has 104 valence electrons. The van der Waals surface area contributed by atoms with Crippen LogP contribution in [0.4, 0.5) is 8.78 Å². The van der Waals surface area contributed by atoms with Crippen LogP contribution in [-0.4, -0.2) is 18.5 Å². The van der Waals surface area contributed by atoms with Gasteiger partial charge in [0.15, 0.2) is 11.6 Å². The summed E-state index contributed by atoms with van der Waals surface area (Å²) in [5, 5.41) is 6.02. The van der Waals surface area contributed by atoms with Gasteiger partial charge >= 0.3 is 0 Å². The lowest BCUT2D eigenvalue weighted by atomic mass is 10.1. The number of rotatable bonds is 6. The molecular formula is C14H18F2N2O. The molecule has 2 N–H and O–H groups in total. The van der Waals surface area contributed by atoms with Crippen molar-refractivity contribution in [2.45, 2.75) is 38.3 Å². The first-order chi connectivity index (χ1) is 9.06. The monoisotopic (exact) mass is 268 g/mol. The number of halogens is 2. The number of carbonyl (C=O) groups excluding carboxylic acids is 1. The summed E-state index contributed by atoms with van der Waals surface area (Å²) >= 11 is 0. The number of amides is 1. The molecule has 1 fully saturated rings. The molecule has 0 saturated heterocycles. The zero-order valence-corrected chi connectivity index (χ0v) is 10.9. The molecular weight excluding hydrogens is 250 g/mol. The quantitative estimate of drug-likeness (QED) is 0.831. The molecule has 1 aliphatic rings. The molecule has 1 unspecified atom stereocenters. The Morgan fingerprint density at radius 1 is 1.37 bits per heavy atom. The second kappa shape index (κ2) is 6.10. The molecule has 0 radical (unpaired) electrons. The number of hydrogen-bond donors (Lipinski definition) is 2. The lowest BCUT2D eigenvalue weighted by Crippen LogP contribution is -2.30. The number of benzene rings is 1. The number of hydrogen-bond acceptors (Lipinski definition) is 2. The summed E-state index contributed by atoms with van der Waals surface area (Å²) in [5.74, 6) is -1.87. The fourth-order valence-electron chi connectivity index (χ4n) is 1.86. The van der Waals surface area contributed by atoms with Crippen molar-refractivity contribution in [1.29, 1.82) is 0 Å². The Balaban J connectivity index is 1.79. The van der Waals surface area contributed by atoms with Gasteiger partial charge in [0.05, 0.1) is 6.04 Å². The minimum absolute atomic E-state index is 0.0922. The van der Waals surface area contributed by atoms with Crippen LogP contribution in [0.3, 0.4) is 0 Å². The molecule has 0 aromatic heterocycles. The van der Waals surface area contributed by atoms with Crippen LogP contribution in [-0.2, 0) is 4.79 Å². The summed E-state index contributed by atoms with van der Waals surface area (Å²) < 4.78 is 25.9. The first-order valence-corrected chi connectivity index (χ1v) is 6.54. The maximum Gasteiger partial charge on any atom is 0.221 e.